The number of hydrogen-bond donors (Lipinski definition) is 1. The fourth-order valence-corrected chi connectivity index (χ4v) is 3.77. The number of fused-ring (bicyclic) bond motifs is 1. The van der Waals surface area contributed by atoms with Crippen LogP contribution in [0.4, 0.5) is 5.69 Å². The molecule has 1 aliphatic heterocycles. The normalized spacial score (nSPS) is 15.5. The minimum Gasteiger partial charge on any atom is -0.468 e. The predicted molar refractivity (Wildman–Crippen MR) is 122 cm³/mol. The number of benzene rings is 2. The van der Waals surface area contributed by atoms with Crippen LogP contribution in [-0.4, -0.2) is 34.6 Å². The van der Waals surface area contributed by atoms with Gasteiger partial charge in [-0.1, -0.05) is 29.8 Å². The Bertz CT molecular complexity index is 1260. The van der Waals surface area contributed by atoms with Gasteiger partial charge in [0.05, 0.1) is 12.8 Å². The van der Waals surface area contributed by atoms with Crippen LogP contribution in [0.3, 0.4) is 0 Å². The monoisotopic (exact) mass is 453 g/mol. The van der Waals surface area contributed by atoms with Gasteiger partial charge >= 0.3 is 5.97 Å². The SMILES string of the molecule is COC(=O)Cn1cc(/C=C2/C(=O)NC(=S)N(c3ccc(Cl)cc3)C2=O)c2ccccc21. The number of anilines is 1. The van der Waals surface area contributed by atoms with Gasteiger partial charge in [-0.25, -0.2) is 0 Å². The van der Waals surface area contributed by atoms with Crippen molar-refractivity contribution in [3.05, 3.63) is 70.9 Å². The Morgan fingerprint density at radius 1 is 1.16 bits per heavy atom. The minimum absolute atomic E-state index is 0.00130. The highest BCUT2D eigenvalue weighted by Gasteiger charge is 2.34. The van der Waals surface area contributed by atoms with Crippen LogP contribution in [-0.2, 0) is 25.7 Å². The van der Waals surface area contributed by atoms with Crippen LogP contribution in [0.5, 0.6) is 0 Å². The van der Waals surface area contributed by atoms with Crippen LogP contribution in [0.2, 0.25) is 5.02 Å². The number of para-hydroxylation sites is 1. The van der Waals surface area contributed by atoms with E-state index in [1.807, 2.05) is 24.3 Å². The molecule has 2 aromatic carbocycles. The third-order valence-corrected chi connectivity index (χ3v) is 5.37. The van der Waals surface area contributed by atoms with Gasteiger partial charge in [-0.3, -0.25) is 24.6 Å². The second kappa shape index (κ2) is 8.33. The number of esters is 1. The van der Waals surface area contributed by atoms with E-state index >= 15 is 0 Å². The summed E-state index contributed by atoms with van der Waals surface area (Å²) in [5, 5.41) is 3.84. The molecule has 1 aromatic heterocycles. The molecular weight excluding hydrogens is 438 g/mol. The number of ether oxygens (including phenoxy) is 1. The summed E-state index contributed by atoms with van der Waals surface area (Å²) in [6.45, 7) is 0.00130. The quantitative estimate of drug-likeness (QED) is 0.284. The van der Waals surface area contributed by atoms with Crippen molar-refractivity contribution < 1.29 is 19.1 Å². The van der Waals surface area contributed by atoms with Gasteiger partial charge in [-0.05, 0) is 48.6 Å². The molecule has 4 rings (SSSR count). The Labute approximate surface area is 187 Å². The van der Waals surface area contributed by atoms with E-state index in [-0.39, 0.29) is 17.2 Å². The highest BCUT2D eigenvalue weighted by atomic mass is 35.5. The molecule has 2 heterocycles. The van der Waals surface area contributed by atoms with Crippen molar-refractivity contribution in [3.63, 3.8) is 0 Å². The Hall–Kier alpha value is -3.49. The third kappa shape index (κ3) is 3.95. The summed E-state index contributed by atoms with van der Waals surface area (Å²) < 4.78 is 6.46. The second-order valence-corrected chi connectivity index (χ2v) is 7.56. The molecule has 0 saturated carbocycles. The van der Waals surface area contributed by atoms with Gasteiger partial charge in [-0.2, -0.15) is 0 Å². The van der Waals surface area contributed by atoms with Gasteiger partial charge in [0.25, 0.3) is 11.8 Å². The summed E-state index contributed by atoms with van der Waals surface area (Å²) in [6.07, 6.45) is 3.20. The number of carbonyl (C=O) groups excluding carboxylic acids is 3. The van der Waals surface area contributed by atoms with Gasteiger partial charge in [0.15, 0.2) is 5.11 Å². The van der Waals surface area contributed by atoms with E-state index in [4.69, 9.17) is 28.6 Å². The molecule has 0 atom stereocenters. The second-order valence-electron chi connectivity index (χ2n) is 6.74. The molecule has 2 amide bonds. The fraction of sp³-hybridized carbons (Fsp3) is 0.0909. The number of amides is 2. The van der Waals surface area contributed by atoms with Crippen molar-refractivity contribution in [1.82, 2.24) is 9.88 Å². The maximum Gasteiger partial charge on any atom is 0.325 e. The molecule has 0 unspecified atom stereocenters. The zero-order valence-corrected chi connectivity index (χ0v) is 17.9. The van der Waals surface area contributed by atoms with E-state index in [9.17, 15) is 14.4 Å². The number of methoxy groups -OCH3 is 1. The van der Waals surface area contributed by atoms with Crippen LogP contribution < -0.4 is 10.2 Å². The van der Waals surface area contributed by atoms with Gasteiger partial charge < -0.3 is 9.30 Å². The van der Waals surface area contributed by atoms with Crippen molar-refractivity contribution in [2.24, 2.45) is 0 Å². The van der Waals surface area contributed by atoms with Gasteiger partial charge in [-0.15, -0.1) is 0 Å². The topological polar surface area (TPSA) is 80.6 Å². The number of thiocarbonyl (C=S) groups is 1. The summed E-state index contributed by atoms with van der Waals surface area (Å²) >= 11 is 11.1. The van der Waals surface area contributed by atoms with Gasteiger partial charge in [0.2, 0.25) is 0 Å². The lowest BCUT2D eigenvalue weighted by atomic mass is 10.1. The lowest BCUT2D eigenvalue weighted by Gasteiger charge is -2.28. The number of carbonyl (C=O) groups is 3. The summed E-state index contributed by atoms with van der Waals surface area (Å²) in [7, 11) is 1.32. The van der Waals surface area contributed by atoms with Crippen LogP contribution in [0.15, 0.2) is 60.3 Å². The van der Waals surface area contributed by atoms with Gasteiger partial charge in [0.1, 0.15) is 12.1 Å². The van der Waals surface area contributed by atoms with Gasteiger partial charge in [0, 0.05) is 27.7 Å². The first-order chi connectivity index (χ1) is 14.9. The standard InChI is InChI=1S/C22H16ClN3O4S/c1-30-19(27)12-25-11-13(16-4-2-3-5-18(16)25)10-17-20(28)24-22(31)26(21(17)29)15-8-6-14(23)7-9-15/h2-11H,12H2,1H3,(H,24,28,31)/b17-10-. The lowest BCUT2D eigenvalue weighted by molar-refractivity contribution is -0.141. The fourth-order valence-electron chi connectivity index (χ4n) is 3.36. The molecule has 0 spiro atoms. The van der Waals surface area contributed by atoms with E-state index in [2.05, 4.69) is 5.32 Å². The number of nitrogens with one attached hydrogen (secondary N) is 1. The molecule has 9 heteroatoms. The molecule has 1 N–H and O–H groups in total. The number of aromatic nitrogens is 1. The first kappa shape index (κ1) is 20.8. The van der Waals surface area contributed by atoms with Crippen molar-refractivity contribution in [1.29, 1.82) is 0 Å². The maximum atomic E-state index is 13.2. The zero-order valence-electron chi connectivity index (χ0n) is 16.3. The molecule has 1 saturated heterocycles. The first-order valence-electron chi connectivity index (χ1n) is 9.21. The summed E-state index contributed by atoms with van der Waals surface area (Å²) in [4.78, 5) is 38.8. The average Bonchev–Trinajstić information content (AvgIpc) is 3.09. The van der Waals surface area contributed by atoms with E-state index in [0.29, 0.717) is 16.3 Å². The molecule has 156 valence electrons. The molecule has 7 nitrogen and oxygen atoms in total. The number of nitrogens with zero attached hydrogens (tertiary/aromatic N) is 2. The van der Waals surface area contributed by atoms with E-state index in [0.717, 1.165) is 10.9 Å². The molecule has 31 heavy (non-hydrogen) atoms. The highest BCUT2D eigenvalue weighted by molar-refractivity contribution is 7.80. The Morgan fingerprint density at radius 2 is 1.87 bits per heavy atom. The predicted octanol–water partition coefficient (Wildman–Crippen LogP) is 3.30. The summed E-state index contributed by atoms with van der Waals surface area (Å²) in [5.74, 6) is -1.56. The van der Waals surface area contributed by atoms with Crippen molar-refractivity contribution in [2.75, 3.05) is 12.0 Å². The Kier molecular flexibility index (Phi) is 5.58. The molecule has 0 bridgehead atoms. The van der Waals surface area contributed by atoms with E-state index in [1.54, 1.807) is 35.0 Å². The van der Waals surface area contributed by atoms with Crippen LogP contribution >= 0.6 is 23.8 Å². The van der Waals surface area contributed by atoms with Crippen molar-refractivity contribution in [3.8, 4) is 0 Å². The molecule has 0 aliphatic carbocycles. The smallest absolute Gasteiger partial charge is 0.325 e. The minimum atomic E-state index is -0.593. The third-order valence-electron chi connectivity index (χ3n) is 4.83. The number of halogens is 1. The number of rotatable bonds is 4. The first-order valence-corrected chi connectivity index (χ1v) is 9.99. The van der Waals surface area contributed by atoms with E-state index < -0.39 is 17.8 Å². The number of hydrogen-bond acceptors (Lipinski definition) is 5. The molecular formula is C22H16ClN3O4S. The molecule has 1 aliphatic rings. The van der Waals surface area contributed by atoms with Crippen LogP contribution in [0.1, 0.15) is 5.56 Å². The Balaban J connectivity index is 1.78. The molecule has 1 fully saturated rings. The average molecular weight is 454 g/mol. The lowest BCUT2D eigenvalue weighted by Crippen LogP contribution is -2.54. The Morgan fingerprint density at radius 3 is 2.58 bits per heavy atom. The molecule has 3 aromatic rings. The van der Waals surface area contributed by atoms with Crippen LogP contribution in [0.25, 0.3) is 17.0 Å². The van der Waals surface area contributed by atoms with Crippen LogP contribution in [0, 0.1) is 0 Å². The van der Waals surface area contributed by atoms with E-state index in [1.165, 1.54) is 18.1 Å². The maximum absolute atomic E-state index is 13.2. The van der Waals surface area contributed by atoms with Crippen molar-refractivity contribution in [2.45, 2.75) is 6.54 Å². The van der Waals surface area contributed by atoms with Crippen molar-refractivity contribution >= 4 is 69.4 Å². The summed E-state index contributed by atoms with van der Waals surface area (Å²) in [5.41, 5.74) is 1.79. The molecule has 0 radical (unpaired) electrons. The largest absolute Gasteiger partial charge is 0.468 e. The zero-order chi connectivity index (χ0) is 22.1. The highest BCUT2D eigenvalue weighted by Crippen LogP contribution is 2.27. The summed E-state index contributed by atoms with van der Waals surface area (Å²) in [6, 6.07) is 13.9.